The third-order valence-electron chi connectivity index (χ3n) is 1.51. The molecular formula is C10H12N2O. The van der Waals surface area contributed by atoms with E-state index in [1.165, 1.54) is 6.34 Å². The van der Waals surface area contributed by atoms with Crippen LogP contribution in [0.1, 0.15) is 5.56 Å². The van der Waals surface area contributed by atoms with E-state index < -0.39 is 0 Å². The van der Waals surface area contributed by atoms with Crippen molar-refractivity contribution in [2.24, 2.45) is 10.7 Å². The van der Waals surface area contributed by atoms with Gasteiger partial charge >= 0.3 is 0 Å². The lowest BCUT2D eigenvalue weighted by Gasteiger charge is -1.95. The molecule has 0 bridgehead atoms. The number of hydrogen-bond acceptors (Lipinski definition) is 2. The van der Waals surface area contributed by atoms with Gasteiger partial charge in [-0.3, -0.25) is 0 Å². The van der Waals surface area contributed by atoms with Crippen LogP contribution in [0.2, 0.25) is 0 Å². The van der Waals surface area contributed by atoms with Crippen molar-refractivity contribution in [2.75, 3.05) is 6.61 Å². The van der Waals surface area contributed by atoms with Crippen LogP contribution in [0.5, 0.6) is 0 Å². The van der Waals surface area contributed by atoms with Crippen molar-refractivity contribution >= 4 is 18.1 Å². The molecule has 0 spiro atoms. The summed E-state index contributed by atoms with van der Waals surface area (Å²) in [6, 6.07) is 7.57. The van der Waals surface area contributed by atoms with Gasteiger partial charge in [-0.2, -0.15) is 0 Å². The smallest absolute Gasteiger partial charge is 0.0860 e. The Balaban J connectivity index is 2.85. The Kier molecular flexibility index (Phi) is 3.73. The Morgan fingerprint density at radius 3 is 3.00 bits per heavy atom. The van der Waals surface area contributed by atoms with Gasteiger partial charge < -0.3 is 10.8 Å². The van der Waals surface area contributed by atoms with Crippen molar-refractivity contribution in [1.82, 2.24) is 0 Å². The zero-order valence-electron chi connectivity index (χ0n) is 7.22. The second kappa shape index (κ2) is 5.11. The second-order valence-corrected chi connectivity index (χ2v) is 2.46. The monoisotopic (exact) mass is 176 g/mol. The van der Waals surface area contributed by atoms with E-state index >= 15 is 0 Å². The molecule has 0 aliphatic carbocycles. The summed E-state index contributed by atoms with van der Waals surface area (Å²) < 4.78 is 0. The van der Waals surface area contributed by atoms with Crippen LogP contribution in [0.25, 0.3) is 6.08 Å². The van der Waals surface area contributed by atoms with Crippen molar-refractivity contribution in [3.05, 3.63) is 35.9 Å². The van der Waals surface area contributed by atoms with Gasteiger partial charge in [0, 0.05) is 0 Å². The maximum absolute atomic E-state index is 8.56. The fraction of sp³-hybridized carbons (Fsp3) is 0.100. The number of nitrogens with zero attached hydrogens (tertiary/aromatic N) is 1. The molecule has 0 saturated heterocycles. The molecule has 0 radical (unpaired) electrons. The molecule has 0 atom stereocenters. The minimum absolute atomic E-state index is 0.0460. The normalized spacial score (nSPS) is 11.5. The highest BCUT2D eigenvalue weighted by Gasteiger charge is 1.88. The van der Waals surface area contributed by atoms with Crippen LogP contribution in [0.15, 0.2) is 35.3 Å². The molecule has 13 heavy (non-hydrogen) atoms. The Hall–Kier alpha value is -1.61. The summed E-state index contributed by atoms with van der Waals surface area (Å²) in [4.78, 5) is 3.93. The van der Waals surface area contributed by atoms with Crippen LogP contribution in [0.4, 0.5) is 5.69 Å². The van der Waals surface area contributed by atoms with Crippen molar-refractivity contribution in [2.45, 2.75) is 0 Å². The molecule has 0 heterocycles. The summed E-state index contributed by atoms with van der Waals surface area (Å²) in [6.07, 6.45) is 4.76. The zero-order valence-corrected chi connectivity index (χ0v) is 7.22. The fourth-order valence-corrected chi connectivity index (χ4v) is 0.984. The Labute approximate surface area is 77.2 Å². The molecule has 0 aliphatic heterocycles. The molecule has 3 nitrogen and oxygen atoms in total. The van der Waals surface area contributed by atoms with Crippen LogP contribution in [-0.2, 0) is 0 Å². The highest BCUT2D eigenvalue weighted by Crippen LogP contribution is 2.14. The lowest BCUT2D eigenvalue weighted by molar-refractivity contribution is 0.343. The van der Waals surface area contributed by atoms with Crippen LogP contribution in [-0.4, -0.2) is 18.1 Å². The molecule has 68 valence electrons. The van der Waals surface area contributed by atoms with Gasteiger partial charge in [0.25, 0.3) is 0 Å². The van der Waals surface area contributed by atoms with Gasteiger partial charge in [-0.05, 0) is 17.7 Å². The minimum Gasteiger partial charge on any atom is -0.392 e. The van der Waals surface area contributed by atoms with Gasteiger partial charge in [-0.1, -0.05) is 24.3 Å². The van der Waals surface area contributed by atoms with E-state index in [4.69, 9.17) is 10.8 Å². The number of aliphatic imine (C=N–C) groups is 1. The van der Waals surface area contributed by atoms with E-state index in [9.17, 15) is 0 Å². The van der Waals surface area contributed by atoms with Crippen molar-refractivity contribution in [3.8, 4) is 0 Å². The Bertz CT molecular complexity index is 318. The number of benzene rings is 1. The van der Waals surface area contributed by atoms with Gasteiger partial charge in [0.2, 0.25) is 0 Å². The molecule has 1 rings (SSSR count). The topological polar surface area (TPSA) is 58.6 Å². The van der Waals surface area contributed by atoms with E-state index in [1.54, 1.807) is 6.08 Å². The van der Waals surface area contributed by atoms with Crippen LogP contribution < -0.4 is 5.73 Å². The zero-order chi connectivity index (χ0) is 9.52. The summed E-state index contributed by atoms with van der Waals surface area (Å²) in [6.45, 7) is 0.0460. The van der Waals surface area contributed by atoms with Crippen LogP contribution in [0, 0.1) is 0 Å². The number of hydrogen-bond donors (Lipinski definition) is 2. The number of rotatable bonds is 3. The van der Waals surface area contributed by atoms with Crippen molar-refractivity contribution in [3.63, 3.8) is 0 Å². The number of aliphatic hydroxyl groups excluding tert-OH is 1. The number of nitrogens with two attached hydrogens (primary N) is 1. The Morgan fingerprint density at radius 1 is 1.46 bits per heavy atom. The van der Waals surface area contributed by atoms with E-state index in [2.05, 4.69) is 4.99 Å². The molecule has 0 amide bonds. The van der Waals surface area contributed by atoms with Gasteiger partial charge in [-0.25, -0.2) is 4.99 Å². The molecule has 3 heteroatoms. The highest BCUT2D eigenvalue weighted by atomic mass is 16.2. The maximum atomic E-state index is 8.56. The van der Waals surface area contributed by atoms with E-state index in [0.717, 1.165) is 11.3 Å². The van der Waals surface area contributed by atoms with Crippen molar-refractivity contribution < 1.29 is 5.11 Å². The average Bonchev–Trinajstić information content (AvgIpc) is 2.16. The van der Waals surface area contributed by atoms with E-state index in [0.29, 0.717) is 0 Å². The molecule has 1 aromatic rings. The molecule has 0 aliphatic rings. The summed E-state index contributed by atoms with van der Waals surface area (Å²) >= 11 is 0. The quantitative estimate of drug-likeness (QED) is 0.539. The average molecular weight is 176 g/mol. The predicted octanol–water partition coefficient (Wildman–Crippen LogP) is 1.31. The largest absolute Gasteiger partial charge is 0.392 e. The van der Waals surface area contributed by atoms with E-state index in [-0.39, 0.29) is 6.61 Å². The lowest BCUT2D eigenvalue weighted by atomic mass is 10.2. The molecule has 0 unspecified atom stereocenters. The summed E-state index contributed by atoms with van der Waals surface area (Å²) in [5.41, 5.74) is 6.97. The predicted molar refractivity (Wildman–Crippen MR) is 54.9 cm³/mol. The Morgan fingerprint density at radius 2 is 2.31 bits per heavy atom. The summed E-state index contributed by atoms with van der Waals surface area (Å²) in [5, 5.41) is 8.56. The SMILES string of the molecule is NC=Nc1cccc(C=CCO)c1. The highest BCUT2D eigenvalue weighted by molar-refractivity contribution is 5.62. The molecule has 0 saturated carbocycles. The third-order valence-corrected chi connectivity index (χ3v) is 1.51. The summed E-state index contributed by atoms with van der Waals surface area (Å²) in [7, 11) is 0. The minimum atomic E-state index is 0.0460. The lowest BCUT2D eigenvalue weighted by Crippen LogP contribution is -1.86. The van der Waals surface area contributed by atoms with Crippen molar-refractivity contribution in [1.29, 1.82) is 0 Å². The van der Waals surface area contributed by atoms with Crippen LogP contribution in [0.3, 0.4) is 0 Å². The standard InChI is InChI=1S/C10H12N2O/c11-8-12-10-5-1-3-9(7-10)4-2-6-13/h1-5,7-8,13H,6H2,(H2,11,12). The van der Waals surface area contributed by atoms with E-state index in [1.807, 2.05) is 30.3 Å². The summed E-state index contributed by atoms with van der Waals surface area (Å²) in [5.74, 6) is 0. The fourth-order valence-electron chi connectivity index (χ4n) is 0.984. The first kappa shape index (κ1) is 9.48. The van der Waals surface area contributed by atoms with Gasteiger partial charge in [0.05, 0.1) is 18.6 Å². The molecule has 1 aromatic carbocycles. The van der Waals surface area contributed by atoms with Gasteiger partial charge in [0.1, 0.15) is 0 Å². The molecule has 0 fully saturated rings. The first-order valence-electron chi connectivity index (χ1n) is 3.98. The van der Waals surface area contributed by atoms with Gasteiger partial charge in [-0.15, -0.1) is 0 Å². The second-order valence-electron chi connectivity index (χ2n) is 2.46. The van der Waals surface area contributed by atoms with Gasteiger partial charge in [0.15, 0.2) is 0 Å². The third kappa shape index (κ3) is 3.09. The number of aliphatic hydroxyl groups is 1. The van der Waals surface area contributed by atoms with Crippen LogP contribution >= 0.6 is 0 Å². The first-order valence-corrected chi connectivity index (χ1v) is 3.98. The first-order chi connectivity index (χ1) is 6.36. The molecular weight excluding hydrogens is 164 g/mol. The molecule has 3 N–H and O–H groups in total. The molecule has 0 aromatic heterocycles. The maximum Gasteiger partial charge on any atom is 0.0860 e.